The Hall–Kier alpha value is -5.60. The van der Waals surface area contributed by atoms with Gasteiger partial charge in [0.1, 0.15) is 0 Å². The molecular weight excluding hydrogens is 532 g/mol. The van der Waals surface area contributed by atoms with Crippen molar-refractivity contribution in [2.24, 2.45) is 0 Å². The van der Waals surface area contributed by atoms with Crippen molar-refractivity contribution >= 4 is 33.2 Å². The van der Waals surface area contributed by atoms with Crippen LogP contribution in [0.1, 0.15) is 17.9 Å². The van der Waals surface area contributed by atoms with Crippen LogP contribution in [-0.2, 0) is 0 Å². The standard InChI is InChI=1S/C42H30N2/c1-3-11-29(12-4-1)30-19-23-34(24-20-30)44-40-18-10-8-16-36(40)38-28-32(22-26-42(38)44)31-21-25-41-37(27-31)35-15-7-9-17-39(35)43(41)33-13-5-2-6-14-33/h1-14,16-28,35H,15H2. The first-order valence-electron chi connectivity index (χ1n) is 15.4. The first-order valence-corrected chi connectivity index (χ1v) is 15.4. The maximum absolute atomic E-state index is 2.44. The average Bonchev–Trinajstić information content (AvgIpc) is 3.61. The van der Waals surface area contributed by atoms with Crippen LogP contribution in [0.4, 0.5) is 11.4 Å². The molecule has 2 heterocycles. The number of para-hydroxylation sites is 2. The minimum Gasteiger partial charge on any atom is -0.313 e. The van der Waals surface area contributed by atoms with Crippen molar-refractivity contribution in [3.63, 3.8) is 0 Å². The Labute approximate surface area is 257 Å². The highest BCUT2D eigenvalue weighted by atomic mass is 15.2. The van der Waals surface area contributed by atoms with Crippen LogP contribution < -0.4 is 4.90 Å². The maximum Gasteiger partial charge on any atom is 0.0541 e. The predicted molar refractivity (Wildman–Crippen MR) is 185 cm³/mol. The van der Waals surface area contributed by atoms with Crippen LogP contribution in [0.15, 0.2) is 170 Å². The van der Waals surface area contributed by atoms with Gasteiger partial charge in [-0.2, -0.15) is 0 Å². The molecular formula is C42H30N2. The van der Waals surface area contributed by atoms with Crippen LogP contribution in [0.3, 0.4) is 0 Å². The summed E-state index contributed by atoms with van der Waals surface area (Å²) in [5.74, 6) is 0.375. The van der Waals surface area contributed by atoms with Crippen molar-refractivity contribution in [1.29, 1.82) is 0 Å². The van der Waals surface area contributed by atoms with E-state index in [1.165, 1.54) is 72.4 Å². The molecule has 0 saturated carbocycles. The summed E-state index contributed by atoms with van der Waals surface area (Å²) in [7, 11) is 0. The van der Waals surface area contributed by atoms with Gasteiger partial charge in [-0.05, 0) is 94.9 Å². The Kier molecular flexibility index (Phi) is 5.67. The van der Waals surface area contributed by atoms with Gasteiger partial charge in [0.15, 0.2) is 0 Å². The molecule has 1 unspecified atom stereocenters. The van der Waals surface area contributed by atoms with Crippen LogP contribution in [0.25, 0.3) is 49.7 Å². The third kappa shape index (κ3) is 3.88. The summed E-state index contributed by atoms with van der Waals surface area (Å²) in [6, 6.07) is 53.1. The van der Waals surface area contributed by atoms with Crippen molar-refractivity contribution < 1.29 is 0 Å². The van der Waals surface area contributed by atoms with Gasteiger partial charge in [-0.15, -0.1) is 0 Å². The average molecular weight is 563 g/mol. The highest BCUT2D eigenvalue weighted by Gasteiger charge is 2.35. The molecule has 0 bridgehead atoms. The number of allylic oxidation sites excluding steroid dienone is 4. The van der Waals surface area contributed by atoms with Crippen molar-refractivity contribution in [2.45, 2.75) is 12.3 Å². The zero-order valence-corrected chi connectivity index (χ0v) is 24.3. The number of hydrogen-bond donors (Lipinski definition) is 0. The minimum absolute atomic E-state index is 0.375. The molecule has 2 aliphatic rings. The van der Waals surface area contributed by atoms with Crippen LogP contribution in [0, 0.1) is 0 Å². The van der Waals surface area contributed by atoms with Gasteiger partial charge in [0.25, 0.3) is 0 Å². The van der Waals surface area contributed by atoms with E-state index in [0.717, 1.165) is 6.42 Å². The number of benzene rings is 6. The van der Waals surface area contributed by atoms with Crippen LogP contribution in [-0.4, -0.2) is 4.57 Å². The molecule has 0 saturated heterocycles. The number of anilines is 2. The molecule has 44 heavy (non-hydrogen) atoms. The smallest absolute Gasteiger partial charge is 0.0541 e. The third-order valence-electron chi connectivity index (χ3n) is 9.29. The zero-order chi connectivity index (χ0) is 29.0. The monoisotopic (exact) mass is 562 g/mol. The number of aromatic nitrogens is 1. The molecule has 1 aliphatic heterocycles. The molecule has 0 fully saturated rings. The summed E-state index contributed by atoms with van der Waals surface area (Å²) < 4.78 is 2.40. The van der Waals surface area contributed by atoms with Crippen molar-refractivity contribution in [1.82, 2.24) is 4.57 Å². The number of fused-ring (bicyclic) bond motifs is 6. The fraction of sp³-hybridized carbons (Fsp3) is 0.0476. The quantitative estimate of drug-likeness (QED) is 0.207. The second kappa shape index (κ2) is 10.00. The van der Waals surface area contributed by atoms with Gasteiger partial charge in [-0.3, -0.25) is 0 Å². The Balaban J connectivity index is 1.15. The first-order chi connectivity index (χ1) is 21.8. The van der Waals surface area contributed by atoms with E-state index in [4.69, 9.17) is 0 Å². The van der Waals surface area contributed by atoms with E-state index >= 15 is 0 Å². The summed E-state index contributed by atoms with van der Waals surface area (Å²) in [4.78, 5) is 2.44. The summed E-state index contributed by atoms with van der Waals surface area (Å²) in [5.41, 5.74) is 13.9. The number of nitrogens with zero attached hydrogens (tertiary/aromatic N) is 2. The SMILES string of the molecule is C1=CCC2C(=C1)N(c1ccccc1)c1ccc(-c3ccc4c(c3)c3ccccc3n4-c3ccc(-c4ccccc4)cc3)cc12. The van der Waals surface area contributed by atoms with Gasteiger partial charge in [-0.1, -0.05) is 103 Å². The predicted octanol–water partition coefficient (Wildman–Crippen LogP) is 11.2. The molecule has 6 aromatic carbocycles. The van der Waals surface area contributed by atoms with Gasteiger partial charge in [-0.25, -0.2) is 0 Å². The Bertz CT molecular complexity index is 2240. The largest absolute Gasteiger partial charge is 0.313 e. The highest BCUT2D eigenvalue weighted by Crippen LogP contribution is 2.51. The molecule has 208 valence electrons. The van der Waals surface area contributed by atoms with Crippen LogP contribution in [0.2, 0.25) is 0 Å². The number of rotatable bonds is 4. The first kappa shape index (κ1) is 24.9. The summed E-state index contributed by atoms with van der Waals surface area (Å²) in [6.45, 7) is 0. The fourth-order valence-electron chi connectivity index (χ4n) is 7.22. The van der Waals surface area contributed by atoms with Gasteiger partial charge >= 0.3 is 0 Å². The van der Waals surface area contributed by atoms with E-state index in [-0.39, 0.29) is 0 Å². The van der Waals surface area contributed by atoms with Crippen molar-refractivity contribution in [3.05, 3.63) is 175 Å². The minimum atomic E-state index is 0.375. The van der Waals surface area contributed by atoms with Crippen molar-refractivity contribution in [2.75, 3.05) is 4.90 Å². The van der Waals surface area contributed by atoms with Gasteiger partial charge < -0.3 is 9.47 Å². The van der Waals surface area contributed by atoms with E-state index in [9.17, 15) is 0 Å². The van der Waals surface area contributed by atoms with E-state index < -0.39 is 0 Å². The van der Waals surface area contributed by atoms with Gasteiger partial charge in [0.05, 0.1) is 11.0 Å². The summed E-state index contributed by atoms with van der Waals surface area (Å²) in [5, 5.41) is 2.55. The maximum atomic E-state index is 2.44. The topological polar surface area (TPSA) is 8.17 Å². The zero-order valence-electron chi connectivity index (χ0n) is 24.3. The Morgan fingerprint density at radius 2 is 1.16 bits per heavy atom. The van der Waals surface area contributed by atoms with E-state index in [0.29, 0.717) is 5.92 Å². The second-order valence-corrected chi connectivity index (χ2v) is 11.7. The second-order valence-electron chi connectivity index (χ2n) is 11.7. The molecule has 0 amide bonds. The molecule has 7 aromatic rings. The molecule has 2 nitrogen and oxygen atoms in total. The molecule has 9 rings (SSSR count). The molecule has 0 spiro atoms. The number of hydrogen-bond acceptors (Lipinski definition) is 1. The van der Waals surface area contributed by atoms with E-state index in [2.05, 4.69) is 173 Å². The Morgan fingerprint density at radius 3 is 2.00 bits per heavy atom. The summed E-state index contributed by atoms with van der Waals surface area (Å²) in [6.07, 6.45) is 7.81. The molecule has 0 radical (unpaired) electrons. The molecule has 0 N–H and O–H groups in total. The fourth-order valence-corrected chi connectivity index (χ4v) is 7.22. The van der Waals surface area contributed by atoms with Crippen molar-refractivity contribution in [3.8, 4) is 27.9 Å². The van der Waals surface area contributed by atoms with Crippen LogP contribution in [0.5, 0.6) is 0 Å². The lowest BCUT2D eigenvalue weighted by Crippen LogP contribution is -2.14. The lowest BCUT2D eigenvalue weighted by Gasteiger charge is -2.24. The lowest BCUT2D eigenvalue weighted by atomic mass is 9.90. The van der Waals surface area contributed by atoms with E-state index in [1.807, 2.05) is 0 Å². The molecule has 1 aromatic heterocycles. The molecule has 1 aliphatic carbocycles. The van der Waals surface area contributed by atoms with Gasteiger partial charge in [0, 0.05) is 39.4 Å². The lowest BCUT2D eigenvalue weighted by molar-refractivity contribution is 0.820. The molecule has 2 heteroatoms. The van der Waals surface area contributed by atoms with E-state index in [1.54, 1.807) is 0 Å². The highest BCUT2D eigenvalue weighted by molar-refractivity contribution is 6.10. The normalized spacial score (nSPS) is 15.4. The van der Waals surface area contributed by atoms with Gasteiger partial charge in [0.2, 0.25) is 0 Å². The molecule has 1 atom stereocenters. The Morgan fingerprint density at radius 1 is 0.500 bits per heavy atom. The summed E-state index contributed by atoms with van der Waals surface area (Å²) >= 11 is 0. The van der Waals surface area contributed by atoms with Crippen LogP contribution >= 0.6 is 0 Å². The third-order valence-corrected chi connectivity index (χ3v) is 9.29.